The second-order valence-electron chi connectivity index (χ2n) is 4.16. The first-order chi connectivity index (χ1) is 10.0. The normalized spacial score (nSPS) is 10.3. The van der Waals surface area contributed by atoms with E-state index in [-0.39, 0.29) is 22.1 Å². The minimum Gasteiger partial charge on any atom is -0.370 e. The van der Waals surface area contributed by atoms with E-state index in [2.05, 4.69) is 15.6 Å². The second-order valence-corrected chi connectivity index (χ2v) is 4.57. The summed E-state index contributed by atoms with van der Waals surface area (Å²) in [4.78, 5) is 16.0. The van der Waals surface area contributed by atoms with Crippen molar-refractivity contribution in [3.8, 4) is 0 Å². The molecule has 1 aromatic heterocycles. The van der Waals surface area contributed by atoms with Crippen molar-refractivity contribution in [3.05, 3.63) is 52.7 Å². The number of benzene rings is 1. The fraction of sp³-hybridized carbons (Fsp3) is 0.143. The van der Waals surface area contributed by atoms with E-state index < -0.39 is 17.5 Å². The summed E-state index contributed by atoms with van der Waals surface area (Å²) in [6, 6.07) is 4.63. The number of carbonyl (C=O) groups is 1. The van der Waals surface area contributed by atoms with Crippen LogP contribution in [-0.2, 0) is 0 Å². The van der Waals surface area contributed by atoms with Crippen LogP contribution in [-0.4, -0.2) is 17.4 Å². The Labute approximate surface area is 125 Å². The Morgan fingerprint density at radius 3 is 2.76 bits per heavy atom. The highest BCUT2D eigenvalue weighted by molar-refractivity contribution is 6.34. The third-order valence-corrected chi connectivity index (χ3v) is 2.95. The number of hydrogen-bond donors (Lipinski definition) is 2. The van der Waals surface area contributed by atoms with E-state index in [1.807, 2.05) is 6.92 Å². The Balaban J connectivity index is 2.31. The van der Waals surface area contributed by atoms with Crippen LogP contribution < -0.4 is 10.6 Å². The Morgan fingerprint density at radius 2 is 2.05 bits per heavy atom. The zero-order chi connectivity index (χ0) is 15.4. The lowest BCUT2D eigenvalue weighted by molar-refractivity contribution is 0.102. The lowest BCUT2D eigenvalue weighted by Crippen LogP contribution is -2.16. The van der Waals surface area contributed by atoms with E-state index in [4.69, 9.17) is 11.6 Å². The maximum absolute atomic E-state index is 13.3. The highest BCUT2D eigenvalue weighted by atomic mass is 35.5. The van der Waals surface area contributed by atoms with E-state index in [1.54, 1.807) is 0 Å². The number of pyridine rings is 1. The zero-order valence-electron chi connectivity index (χ0n) is 11.1. The number of nitrogens with zero attached hydrogens (tertiary/aromatic N) is 1. The van der Waals surface area contributed by atoms with Gasteiger partial charge in [-0.1, -0.05) is 11.6 Å². The third-order valence-electron chi connectivity index (χ3n) is 2.62. The van der Waals surface area contributed by atoms with Gasteiger partial charge in [-0.2, -0.15) is 0 Å². The number of nitrogens with one attached hydrogen (secondary N) is 2. The number of halogens is 3. The minimum atomic E-state index is -0.646. The molecule has 0 aliphatic heterocycles. The zero-order valence-corrected chi connectivity index (χ0v) is 11.8. The predicted octanol–water partition coefficient (Wildman–Crippen LogP) is 3.70. The van der Waals surface area contributed by atoms with E-state index >= 15 is 0 Å². The van der Waals surface area contributed by atoms with Crippen LogP contribution >= 0.6 is 11.6 Å². The van der Waals surface area contributed by atoms with Crippen LogP contribution in [0.4, 0.5) is 20.3 Å². The highest BCUT2D eigenvalue weighted by Gasteiger charge is 2.15. The van der Waals surface area contributed by atoms with Crippen LogP contribution in [0.15, 0.2) is 30.5 Å². The lowest BCUT2D eigenvalue weighted by atomic mass is 10.2. The second kappa shape index (κ2) is 6.49. The summed E-state index contributed by atoms with van der Waals surface area (Å²) in [5.74, 6) is -1.58. The molecule has 1 aromatic carbocycles. The number of carbonyl (C=O) groups excluding carboxylic acids is 1. The summed E-state index contributed by atoms with van der Waals surface area (Å²) in [6.45, 7) is 2.33. The lowest BCUT2D eigenvalue weighted by Gasteiger charge is -2.11. The van der Waals surface area contributed by atoms with Gasteiger partial charge in [0.15, 0.2) is 0 Å². The Kier molecular flexibility index (Phi) is 4.70. The van der Waals surface area contributed by atoms with Crippen LogP contribution in [0.1, 0.15) is 17.3 Å². The summed E-state index contributed by atoms with van der Waals surface area (Å²) >= 11 is 5.87. The molecule has 7 heteroatoms. The highest BCUT2D eigenvalue weighted by Crippen LogP contribution is 2.24. The van der Waals surface area contributed by atoms with Gasteiger partial charge in [-0.3, -0.25) is 4.79 Å². The van der Waals surface area contributed by atoms with E-state index in [9.17, 15) is 13.6 Å². The van der Waals surface area contributed by atoms with Gasteiger partial charge in [-0.25, -0.2) is 13.8 Å². The van der Waals surface area contributed by atoms with Gasteiger partial charge < -0.3 is 10.6 Å². The molecule has 0 bridgehead atoms. The van der Waals surface area contributed by atoms with Crippen molar-refractivity contribution in [3.63, 3.8) is 0 Å². The van der Waals surface area contributed by atoms with Crippen LogP contribution in [0, 0.1) is 11.6 Å². The largest absolute Gasteiger partial charge is 0.370 e. The Bertz CT molecular complexity index is 679. The smallest absolute Gasteiger partial charge is 0.259 e. The molecule has 2 N–H and O–H groups in total. The minimum absolute atomic E-state index is 0.0113. The summed E-state index contributed by atoms with van der Waals surface area (Å²) in [7, 11) is 0. The SMILES string of the molecule is CCNc1ncc(F)cc1C(=O)Nc1cc(F)ccc1Cl. The Morgan fingerprint density at radius 1 is 1.29 bits per heavy atom. The predicted molar refractivity (Wildman–Crippen MR) is 77.7 cm³/mol. The molecule has 0 saturated carbocycles. The van der Waals surface area contributed by atoms with Crippen LogP contribution in [0.25, 0.3) is 0 Å². The molecule has 1 amide bonds. The molecule has 0 fully saturated rings. The van der Waals surface area contributed by atoms with Crippen molar-refractivity contribution in [1.82, 2.24) is 4.98 Å². The average Bonchev–Trinajstić information content (AvgIpc) is 2.45. The quantitative estimate of drug-likeness (QED) is 0.905. The van der Waals surface area contributed by atoms with Crippen molar-refractivity contribution in [1.29, 1.82) is 0 Å². The van der Waals surface area contributed by atoms with Crippen molar-refractivity contribution in [2.24, 2.45) is 0 Å². The molecule has 2 aromatic rings. The molecule has 110 valence electrons. The van der Waals surface area contributed by atoms with Crippen molar-refractivity contribution < 1.29 is 13.6 Å². The molecule has 0 radical (unpaired) electrons. The van der Waals surface area contributed by atoms with Gasteiger partial charge >= 0.3 is 0 Å². The monoisotopic (exact) mass is 311 g/mol. The van der Waals surface area contributed by atoms with E-state index in [0.717, 1.165) is 18.3 Å². The van der Waals surface area contributed by atoms with E-state index in [1.165, 1.54) is 12.1 Å². The van der Waals surface area contributed by atoms with Crippen molar-refractivity contribution in [2.75, 3.05) is 17.2 Å². The maximum atomic E-state index is 13.3. The molecule has 4 nitrogen and oxygen atoms in total. The van der Waals surface area contributed by atoms with Gasteiger partial charge in [0.05, 0.1) is 22.5 Å². The fourth-order valence-electron chi connectivity index (χ4n) is 1.70. The first kappa shape index (κ1) is 15.2. The van der Waals surface area contributed by atoms with Gasteiger partial charge in [-0.15, -0.1) is 0 Å². The topological polar surface area (TPSA) is 54.0 Å². The molecule has 1 heterocycles. The van der Waals surface area contributed by atoms with Crippen molar-refractivity contribution in [2.45, 2.75) is 6.92 Å². The maximum Gasteiger partial charge on any atom is 0.259 e. The molecule has 0 aliphatic rings. The molecular formula is C14H12ClF2N3O. The summed E-state index contributed by atoms with van der Waals surface area (Å²) in [5.41, 5.74) is 0.116. The number of rotatable bonds is 4. The van der Waals surface area contributed by atoms with Gasteiger partial charge in [0, 0.05) is 6.54 Å². The van der Waals surface area contributed by atoms with Gasteiger partial charge in [0.1, 0.15) is 17.5 Å². The van der Waals surface area contributed by atoms with Crippen LogP contribution in [0.2, 0.25) is 5.02 Å². The molecule has 0 saturated heterocycles. The molecule has 0 aliphatic carbocycles. The van der Waals surface area contributed by atoms with Crippen molar-refractivity contribution >= 4 is 29.0 Å². The molecule has 0 unspecified atom stereocenters. The standard InChI is InChI=1S/C14H12ClF2N3O/c1-2-18-13-10(5-9(17)7-19-13)14(21)20-12-6-8(16)3-4-11(12)15/h3-7H,2H2,1H3,(H,18,19)(H,20,21). The van der Waals surface area contributed by atoms with Gasteiger partial charge in [-0.05, 0) is 31.2 Å². The summed E-state index contributed by atoms with van der Waals surface area (Å²) < 4.78 is 26.4. The average molecular weight is 312 g/mol. The van der Waals surface area contributed by atoms with Gasteiger partial charge in [0.25, 0.3) is 5.91 Å². The molecular weight excluding hydrogens is 300 g/mol. The van der Waals surface area contributed by atoms with E-state index in [0.29, 0.717) is 6.54 Å². The van der Waals surface area contributed by atoms with Crippen LogP contribution in [0.3, 0.4) is 0 Å². The first-order valence-electron chi connectivity index (χ1n) is 6.17. The molecule has 21 heavy (non-hydrogen) atoms. The number of amides is 1. The molecule has 0 atom stereocenters. The number of aromatic nitrogens is 1. The number of anilines is 2. The molecule has 2 rings (SSSR count). The fourth-order valence-corrected chi connectivity index (χ4v) is 1.87. The van der Waals surface area contributed by atoms with Crippen LogP contribution in [0.5, 0.6) is 0 Å². The summed E-state index contributed by atoms with van der Waals surface area (Å²) in [6.07, 6.45) is 1.00. The van der Waals surface area contributed by atoms with Gasteiger partial charge in [0.2, 0.25) is 0 Å². The Hall–Kier alpha value is -2.21. The number of hydrogen-bond acceptors (Lipinski definition) is 3. The summed E-state index contributed by atoms with van der Waals surface area (Å²) in [5, 5.41) is 5.47. The first-order valence-corrected chi connectivity index (χ1v) is 6.55. The third kappa shape index (κ3) is 3.66. The molecule has 0 spiro atoms.